The van der Waals surface area contributed by atoms with Crippen molar-refractivity contribution in [2.45, 2.75) is 25.8 Å². The summed E-state index contributed by atoms with van der Waals surface area (Å²) >= 11 is 0. The van der Waals surface area contributed by atoms with Gasteiger partial charge in [-0.1, -0.05) is 18.2 Å². The summed E-state index contributed by atoms with van der Waals surface area (Å²) in [5.74, 6) is 0.592. The molecular weight excluding hydrogens is 293 g/mol. The molecule has 23 heavy (non-hydrogen) atoms. The van der Waals surface area contributed by atoms with Crippen molar-refractivity contribution in [3.05, 3.63) is 65.0 Å². The Morgan fingerprint density at radius 3 is 2.70 bits per heavy atom. The van der Waals surface area contributed by atoms with E-state index in [1.165, 1.54) is 17.7 Å². The summed E-state index contributed by atoms with van der Waals surface area (Å²) in [4.78, 5) is 14.5. The number of methoxy groups -OCH3 is 1. The van der Waals surface area contributed by atoms with Crippen LogP contribution in [0, 0.1) is 5.82 Å². The highest BCUT2D eigenvalue weighted by Gasteiger charge is 2.27. The predicted octanol–water partition coefficient (Wildman–Crippen LogP) is 3.52. The molecule has 0 bridgehead atoms. The van der Waals surface area contributed by atoms with Crippen LogP contribution in [0.25, 0.3) is 0 Å². The van der Waals surface area contributed by atoms with E-state index >= 15 is 0 Å². The fourth-order valence-electron chi connectivity index (χ4n) is 3.14. The molecule has 0 radical (unpaired) electrons. The lowest BCUT2D eigenvalue weighted by Gasteiger charge is -2.35. The number of ether oxygens (including phenoxy) is 1. The second-order valence-corrected chi connectivity index (χ2v) is 5.88. The maximum atomic E-state index is 13.0. The molecule has 1 amide bonds. The first-order valence-corrected chi connectivity index (χ1v) is 7.79. The van der Waals surface area contributed by atoms with Crippen LogP contribution in [0.2, 0.25) is 0 Å². The molecule has 0 N–H and O–H groups in total. The van der Waals surface area contributed by atoms with Gasteiger partial charge < -0.3 is 9.64 Å². The van der Waals surface area contributed by atoms with Gasteiger partial charge in [0.1, 0.15) is 11.6 Å². The lowest BCUT2D eigenvalue weighted by atomic mass is 9.92. The number of hydrogen-bond acceptors (Lipinski definition) is 2. The minimum absolute atomic E-state index is 0.0156. The molecule has 0 spiro atoms. The van der Waals surface area contributed by atoms with E-state index in [4.69, 9.17) is 4.74 Å². The van der Waals surface area contributed by atoms with Crippen molar-refractivity contribution in [3.8, 4) is 5.75 Å². The minimum Gasteiger partial charge on any atom is -0.497 e. The molecule has 1 aliphatic rings. The molecule has 0 saturated carbocycles. The zero-order valence-electron chi connectivity index (χ0n) is 13.4. The maximum Gasteiger partial charge on any atom is 0.227 e. The summed E-state index contributed by atoms with van der Waals surface area (Å²) in [7, 11) is 1.65. The number of carbonyl (C=O) groups excluding carboxylic acids is 1. The smallest absolute Gasteiger partial charge is 0.227 e. The molecule has 1 atom stereocenters. The van der Waals surface area contributed by atoms with Gasteiger partial charge in [0.05, 0.1) is 19.6 Å². The summed E-state index contributed by atoms with van der Waals surface area (Å²) in [5.41, 5.74) is 3.24. The van der Waals surface area contributed by atoms with Crippen LogP contribution in [0.5, 0.6) is 5.75 Å². The molecule has 2 aromatic rings. The van der Waals surface area contributed by atoms with Gasteiger partial charge in [0.2, 0.25) is 5.91 Å². The van der Waals surface area contributed by atoms with E-state index in [9.17, 15) is 9.18 Å². The van der Waals surface area contributed by atoms with E-state index in [1.807, 2.05) is 24.0 Å². The fourth-order valence-corrected chi connectivity index (χ4v) is 3.14. The summed E-state index contributed by atoms with van der Waals surface area (Å²) in [6, 6.07) is 12.2. The Bertz CT molecular complexity index is 712. The van der Waals surface area contributed by atoms with Crippen molar-refractivity contribution in [1.29, 1.82) is 0 Å². The van der Waals surface area contributed by atoms with Gasteiger partial charge in [-0.3, -0.25) is 4.79 Å². The summed E-state index contributed by atoms with van der Waals surface area (Å²) in [6.07, 6.45) is 1.14. The lowest BCUT2D eigenvalue weighted by Crippen LogP contribution is -2.39. The quantitative estimate of drug-likeness (QED) is 0.867. The van der Waals surface area contributed by atoms with Crippen molar-refractivity contribution in [3.63, 3.8) is 0 Å². The Morgan fingerprint density at radius 2 is 2.00 bits per heavy atom. The Labute approximate surface area is 135 Å². The summed E-state index contributed by atoms with van der Waals surface area (Å²) in [5, 5.41) is 0. The Balaban J connectivity index is 1.78. The molecule has 120 valence electrons. The first-order chi connectivity index (χ1) is 11.1. The van der Waals surface area contributed by atoms with E-state index < -0.39 is 0 Å². The molecule has 3 nitrogen and oxygen atoms in total. The number of hydrogen-bond donors (Lipinski definition) is 0. The molecule has 4 heteroatoms. The van der Waals surface area contributed by atoms with Crippen LogP contribution in [0.3, 0.4) is 0 Å². The Kier molecular flexibility index (Phi) is 4.33. The van der Waals surface area contributed by atoms with Gasteiger partial charge in [0.15, 0.2) is 0 Å². The molecule has 0 saturated heterocycles. The van der Waals surface area contributed by atoms with Gasteiger partial charge >= 0.3 is 0 Å². The van der Waals surface area contributed by atoms with Crippen molar-refractivity contribution in [2.75, 3.05) is 13.7 Å². The van der Waals surface area contributed by atoms with Crippen molar-refractivity contribution < 1.29 is 13.9 Å². The van der Waals surface area contributed by atoms with Crippen molar-refractivity contribution >= 4 is 5.91 Å². The molecular formula is C19H20FNO2. The summed E-state index contributed by atoms with van der Waals surface area (Å²) in [6.45, 7) is 2.75. The zero-order chi connectivity index (χ0) is 16.4. The third kappa shape index (κ3) is 3.21. The molecule has 0 fully saturated rings. The van der Waals surface area contributed by atoms with Gasteiger partial charge in [0.25, 0.3) is 0 Å². The first kappa shape index (κ1) is 15.5. The normalized spacial score (nSPS) is 16.8. The largest absolute Gasteiger partial charge is 0.497 e. The number of rotatable bonds is 3. The maximum absolute atomic E-state index is 13.0. The van der Waals surface area contributed by atoms with E-state index in [0.29, 0.717) is 13.0 Å². The Hall–Kier alpha value is -2.36. The number of nitrogens with zero attached hydrogens (tertiary/aromatic N) is 1. The van der Waals surface area contributed by atoms with Crippen LogP contribution in [-0.4, -0.2) is 24.5 Å². The monoisotopic (exact) mass is 313 g/mol. The van der Waals surface area contributed by atoms with E-state index in [-0.39, 0.29) is 17.8 Å². The zero-order valence-corrected chi connectivity index (χ0v) is 13.4. The van der Waals surface area contributed by atoms with Crippen molar-refractivity contribution in [1.82, 2.24) is 4.90 Å². The van der Waals surface area contributed by atoms with Crippen LogP contribution in [0.15, 0.2) is 42.5 Å². The SMILES string of the molecule is COc1ccc2c(c1)C(C)N(C(=O)Cc1ccc(F)cc1)CC2. The highest BCUT2D eigenvalue weighted by Crippen LogP contribution is 2.32. The predicted molar refractivity (Wildman–Crippen MR) is 86.9 cm³/mol. The third-order valence-electron chi connectivity index (χ3n) is 4.48. The molecule has 0 aromatic heterocycles. The number of halogens is 1. The average Bonchev–Trinajstić information content (AvgIpc) is 2.57. The van der Waals surface area contributed by atoms with Crippen LogP contribution >= 0.6 is 0 Å². The van der Waals surface area contributed by atoms with Crippen LogP contribution in [0.4, 0.5) is 4.39 Å². The number of carbonyl (C=O) groups is 1. The second-order valence-electron chi connectivity index (χ2n) is 5.88. The molecule has 1 heterocycles. The highest BCUT2D eigenvalue weighted by atomic mass is 19.1. The number of benzene rings is 2. The van der Waals surface area contributed by atoms with Gasteiger partial charge in [0, 0.05) is 6.54 Å². The van der Waals surface area contributed by atoms with Crippen molar-refractivity contribution in [2.24, 2.45) is 0 Å². The lowest BCUT2D eigenvalue weighted by molar-refractivity contribution is -0.133. The van der Waals surface area contributed by atoms with Crippen LogP contribution in [0.1, 0.15) is 29.7 Å². The summed E-state index contributed by atoms with van der Waals surface area (Å²) < 4.78 is 18.3. The third-order valence-corrected chi connectivity index (χ3v) is 4.48. The number of amides is 1. The molecule has 1 aliphatic heterocycles. The number of fused-ring (bicyclic) bond motifs is 1. The topological polar surface area (TPSA) is 29.5 Å². The standard InChI is InChI=1S/C19H20FNO2/c1-13-18-12-17(23-2)8-5-15(18)9-10-21(13)19(22)11-14-3-6-16(20)7-4-14/h3-8,12-13H,9-11H2,1-2H3. The van der Waals surface area contributed by atoms with E-state index in [2.05, 4.69) is 6.07 Å². The van der Waals surface area contributed by atoms with E-state index in [0.717, 1.165) is 23.3 Å². The second kappa shape index (κ2) is 6.41. The molecule has 3 rings (SSSR count). The molecule has 0 aliphatic carbocycles. The fraction of sp³-hybridized carbons (Fsp3) is 0.316. The van der Waals surface area contributed by atoms with Gasteiger partial charge in [-0.2, -0.15) is 0 Å². The first-order valence-electron chi connectivity index (χ1n) is 7.79. The molecule has 1 unspecified atom stereocenters. The highest BCUT2D eigenvalue weighted by molar-refractivity contribution is 5.79. The minimum atomic E-state index is -0.284. The van der Waals surface area contributed by atoms with Gasteiger partial charge in [-0.25, -0.2) is 4.39 Å². The van der Waals surface area contributed by atoms with E-state index in [1.54, 1.807) is 19.2 Å². The van der Waals surface area contributed by atoms with Crippen LogP contribution in [-0.2, 0) is 17.6 Å². The molecule has 2 aromatic carbocycles. The van der Waals surface area contributed by atoms with Gasteiger partial charge in [-0.05, 0) is 54.3 Å². The van der Waals surface area contributed by atoms with Crippen LogP contribution < -0.4 is 4.74 Å². The average molecular weight is 313 g/mol. The Morgan fingerprint density at radius 1 is 1.26 bits per heavy atom. The van der Waals surface area contributed by atoms with Gasteiger partial charge in [-0.15, -0.1) is 0 Å².